The van der Waals surface area contributed by atoms with Gasteiger partial charge in [-0.05, 0) is 12.1 Å². The highest BCUT2D eigenvalue weighted by atomic mass is 127. The molecule has 1 aliphatic heterocycles. The van der Waals surface area contributed by atoms with Crippen LogP contribution in [0.2, 0.25) is 0 Å². The first-order valence-corrected chi connectivity index (χ1v) is 7.92. The summed E-state index contributed by atoms with van der Waals surface area (Å²) in [5.41, 5.74) is -0.799. The molecule has 0 aliphatic carbocycles. The number of anilines is 1. The van der Waals surface area contributed by atoms with Gasteiger partial charge in [-0.15, -0.1) is 0 Å². The molecule has 0 aromatic carbocycles. The minimum atomic E-state index is -3.80. The summed E-state index contributed by atoms with van der Waals surface area (Å²) in [5.74, 6) is -4.47. The average molecular weight is 510 g/mol. The van der Waals surface area contributed by atoms with E-state index in [9.17, 15) is 23.5 Å². The van der Waals surface area contributed by atoms with Crippen molar-refractivity contribution in [2.75, 3.05) is 11.9 Å². The molecule has 1 fully saturated rings. The largest absolute Gasteiger partial charge is 1.00 e. The number of pyridine rings is 1. The van der Waals surface area contributed by atoms with E-state index in [1.165, 1.54) is 0 Å². The summed E-state index contributed by atoms with van der Waals surface area (Å²) >= 11 is 0. The van der Waals surface area contributed by atoms with Crippen LogP contribution < -0.4 is 39.6 Å². The molecule has 1 amide bonds. The molecule has 1 aliphatic rings. The van der Waals surface area contributed by atoms with E-state index in [0.29, 0.717) is 10.1 Å². The van der Waals surface area contributed by atoms with Crippen molar-refractivity contribution in [1.82, 2.24) is 9.55 Å². The number of carbonyl (C=O) groups excluding carboxylic acids is 1. The maximum Gasteiger partial charge on any atom is 0.351 e. The smallest absolute Gasteiger partial charge is 0.351 e. The van der Waals surface area contributed by atoms with Gasteiger partial charge in [-0.25, -0.2) is 9.36 Å². The normalized spacial score (nSPS) is 23.1. The van der Waals surface area contributed by atoms with Crippen LogP contribution >= 0.6 is 0 Å². The fourth-order valence-corrected chi connectivity index (χ4v) is 2.69. The van der Waals surface area contributed by atoms with Crippen molar-refractivity contribution in [1.29, 1.82) is 0 Å². The Morgan fingerprint density at radius 2 is 2.18 bits per heavy atom. The lowest BCUT2D eigenvalue weighted by molar-refractivity contribution is -0.671. The first-order valence-electron chi connectivity index (χ1n) is 7.92. The molecule has 2 aromatic heterocycles. The Morgan fingerprint density at radius 1 is 1.46 bits per heavy atom. The van der Waals surface area contributed by atoms with E-state index >= 15 is 0 Å². The molecule has 152 valence electrons. The van der Waals surface area contributed by atoms with E-state index in [2.05, 4.69) is 10.3 Å². The number of hydrogen-bond donors (Lipinski definition) is 3. The number of aryl methyl sites for hydroxylation is 1. The van der Waals surface area contributed by atoms with Gasteiger partial charge < -0.3 is 44.2 Å². The van der Waals surface area contributed by atoms with E-state index in [4.69, 9.17) is 9.84 Å². The molecule has 0 radical (unpaired) electrons. The van der Waals surface area contributed by atoms with E-state index < -0.39 is 42.6 Å². The number of nitrogens with one attached hydrogen (secondary N) is 1. The van der Waals surface area contributed by atoms with Crippen LogP contribution in [0.15, 0.2) is 41.6 Å². The molecular weight excluding hydrogens is 493 g/mol. The number of halogens is 3. The minimum Gasteiger partial charge on any atom is -1.00 e. The lowest BCUT2D eigenvalue weighted by Crippen LogP contribution is -3.00. The molecule has 0 saturated carbocycles. The van der Waals surface area contributed by atoms with Gasteiger partial charge in [0.1, 0.15) is 24.5 Å². The number of aliphatic hydroxyl groups is 2. The summed E-state index contributed by atoms with van der Waals surface area (Å²) in [4.78, 5) is 27.9. The molecule has 3 atom stereocenters. The van der Waals surface area contributed by atoms with Crippen molar-refractivity contribution >= 4 is 11.7 Å². The number of ether oxygens (including phenoxy) is 1. The standard InChI is InChI=1S/C16H16F2N4O5.HI/c1-21-5-2-3-9(7-21)13(25)19-11-4-6-22(15(26)20-11)14-16(17,18)12(24)10(8-23)27-14;/h2-7,10,12,14,23-24H,8H2,1H3;1H/t10-,12-,14-;/m1./s1. The summed E-state index contributed by atoms with van der Waals surface area (Å²) in [6.07, 6.45) is -1.66. The van der Waals surface area contributed by atoms with Gasteiger partial charge in [-0.1, -0.05) is 0 Å². The molecule has 1 saturated heterocycles. The lowest BCUT2D eigenvalue weighted by Gasteiger charge is -2.21. The molecule has 0 spiro atoms. The van der Waals surface area contributed by atoms with Gasteiger partial charge in [0.05, 0.1) is 6.61 Å². The quantitative estimate of drug-likeness (QED) is 0.287. The number of carbonyl (C=O) groups is 1. The maximum atomic E-state index is 14.1. The van der Waals surface area contributed by atoms with Crippen molar-refractivity contribution in [3.05, 3.63) is 52.8 Å². The summed E-state index contributed by atoms with van der Waals surface area (Å²) in [7, 11) is 1.73. The van der Waals surface area contributed by atoms with Crippen LogP contribution in [0, 0.1) is 0 Å². The molecular formula is C16H17F2IN4O5. The Balaban J connectivity index is 0.00000280. The van der Waals surface area contributed by atoms with Crippen molar-refractivity contribution in [2.45, 2.75) is 24.4 Å². The molecule has 12 heteroatoms. The SMILES string of the molecule is C[n+]1cccc(C(=O)Nc2ccn([C@@H]3O[C@H](CO)[C@@H](O)C3(F)F)c(=O)n2)c1.[I-]. The third kappa shape index (κ3) is 4.19. The number of rotatable bonds is 4. The number of alkyl halides is 2. The van der Waals surface area contributed by atoms with E-state index in [0.717, 1.165) is 12.3 Å². The van der Waals surface area contributed by atoms with Gasteiger partial charge in [-0.3, -0.25) is 9.36 Å². The molecule has 3 N–H and O–H groups in total. The number of nitrogens with zero attached hydrogens (tertiary/aromatic N) is 3. The van der Waals surface area contributed by atoms with E-state index in [-0.39, 0.29) is 29.8 Å². The summed E-state index contributed by atoms with van der Waals surface area (Å²) in [6, 6.07) is 4.36. The van der Waals surface area contributed by atoms with Gasteiger partial charge in [0.25, 0.3) is 5.91 Å². The number of hydrogen-bond acceptors (Lipinski definition) is 6. The predicted molar refractivity (Wildman–Crippen MR) is 86.0 cm³/mol. The Hall–Kier alpha value is -2.03. The van der Waals surface area contributed by atoms with Gasteiger partial charge in [-0.2, -0.15) is 13.8 Å². The first-order chi connectivity index (χ1) is 12.7. The minimum absolute atomic E-state index is 0. The predicted octanol–water partition coefficient (Wildman–Crippen LogP) is -3.79. The second kappa shape index (κ2) is 8.55. The second-order valence-electron chi connectivity index (χ2n) is 6.04. The van der Waals surface area contributed by atoms with Gasteiger partial charge >= 0.3 is 11.6 Å². The number of aromatic nitrogens is 3. The topological polar surface area (TPSA) is 118 Å². The Labute approximate surface area is 174 Å². The molecule has 3 rings (SSSR count). The van der Waals surface area contributed by atoms with Gasteiger partial charge in [0, 0.05) is 12.3 Å². The highest BCUT2D eigenvalue weighted by Crippen LogP contribution is 2.41. The van der Waals surface area contributed by atoms with Crippen LogP contribution in [0.1, 0.15) is 16.6 Å². The fraction of sp³-hybridized carbons (Fsp3) is 0.375. The third-order valence-electron chi connectivity index (χ3n) is 4.09. The van der Waals surface area contributed by atoms with E-state index in [1.807, 2.05) is 0 Å². The van der Waals surface area contributed by atoms with Crippen molar-refractivity contribution in [3.8, 4) is 0 Å². The molecule has 0 bridgehead atoms. The average Bonchev–Trinajstić information content (AvgIpc) is 2.85. The van der Waals surface area contributed by atoms with Crippen molar-refractivity contribution in [3.63, 3.8) is 0 Å². The molecule has 0 unspecified atom stereocenters. The maximum absolute atomic E-state index is 14.1. The first kappa shape index (κ1) is 22.3. The highest BCUT2D eigenvalue weighted by Gasteiger charge is 2.59. The molecule has 3 heterocycles. The highest BCUT2D eigenvalue weighted by molar-refractivity contribution is 6.03. The van der Waals surface area contributed by atoms with Crippen LogP contribution in [-0.2, 0) is 11.8 Å². The summed E-state index contributed by atoms with van der Waals surface area (Å²) in [5, 5.41) is 20.9. The van der Waals surface area contributed by atoms with Crippen LogP contribution in [-0.4, -0.2) is 50.4 Å². The third-order valence-corrected chi connectivity index (χ3v) is 4.09. The lowest BCUT2D eigenvalue weighted by atomic mass is 10.1. The Morgan fingerprint density at radius 3 is 2.75 bits per heavy atom. The molecule has 2 aromatic rings. The zero-order valence-electron chi connectivity index (χ0n) is 14.5. The second-order valence-corrected chi connectivity index (χ2v) is 6.04. The van der Waals surface area contributed by atoms with Gasteiger partial charge in [0.2, 0.25) is 6.23 Å². The fourth-order valence-electron chi connectivity index (χ4n) is 2.69. The van der Waals surface area contributed by atoms with Crippen LogP contribution in [0.4, 0.5) is 14.6 Å². The van der Waals surface area contributed by atoms with Crippen LogP contribution in [0.5, 0.6) is 0 Å². The Bertz CT molecular complexity index is 926. The van der Waals surface area contributed by atoms with Crippen molar-refractivity contribution < 1.29 is 57.1 Å². The Kier molecular flexibility index (Phi) is 6.80. The van der Waals surface area contributed by atoms with E-state index in [1.54, 1.807) is 36.1 Å². The summed E-state index contributed by atoms with van der Waals surface area (Å²) < 4.78 is 35.3. The zero-order chi connectivity index (χ0) is 19.8. The van der Waals surface area contributed by atoms with Gasteiger partial charge in [0.15, 0.2) is 18.5 Å². The van der Waals surface area contributed by atoms with Crippen LogP contribution in [0.25, 0.3) is 0 Å². The number of amides is 1. The molecule has 9 nitrogen and oxygen atoms in total. The van der Waals surface area contributed by atoms with Crippen molar-refractivity contribution in [2.24, 2.45) is 7.05 Å². The number of aliphatic hydroxyl groups excluding tert-OH is 2. The molecule has 28 heavy (non-hydrogen) atoms. The monoisotopic (exact) mass is 510 g/mol. The zero-order valence-corrected chi connectivity index (χ0v) is 16.7. The summed E-state index contributed by atoms with van der Waals surface area (Å²) in [6.45, 7) is -0.835. The van der Waals surface area contributed by atoms with Crippen LogP contribution in [0.3, 0.4) is 0 Å².